The molecule has 2 aromatic rings. The first kappa shape index (κ1) is 15.9. The van der Waals surface area contributed by atoms with Gasteiger partial charge in [-0.3, -0.25) is 9.59 Å². The molecule has 3 heterocycles. The molecule has 2 saturated heterocycles. The lowest BCUT2D eigenvalue weighted by atomic mass is 10.0. The second-order valence-electron chi connectivity index (χ2n) is 6.86. The Bertz CT molecular complexity index is 742. The zero-order chi connectivity index (χ0) is 17.2. The molecule has 2 fully saturated rings. The van der Waals surface area contributed by atoms with Crippen LogP contribution >= 0.6 is 0 Å². The molecule has 25 heavy (non-hydrogen) atoms. The molecule has 0 saturated carbocycles. The van der Waals surface area contributed by atoms with Crippen LogP contribution in [0.1, 0.15) is 36.6 Å². The second kappa shape index (κ2) is 6.75. The van der Waals surface area contributed by atoms with Crippen LogP contribution in [-0.2, 0) is 16.1 Å². The summed E-state index contributed by atoms with van der Waals surface area (Å²) >= 11 is 0. The van der Waals surface area contributed by atoms with Crippen molar-refractivity contribution in [3.05, 3.63) is 60.1 Å². The van der Waals surface area contributed by atoms with Gasteiger partial charge in [0.05, 0.1) is 24.8 Å². The van der Waals surface area contributed by atoms with E-state index >= 15 is 0 Å². The van der Waals surface area contributed by atoms with Crippen molar-refractivity contribution in [3.63, 3.8) is 0 Å². The van der Waals surface area contributed by atoms with Gasteiger partial charge in [-0.15, -0.1) is 0 Å². The first-order valence-electron chi connectivity index (χ1n) is 8.88. The molecule has 0 unspecified atom stereocenters. The van der Waals surface area contributed by atoms with Crippen molar-refractivity contribution in [2.45, 2.75) is 31.8 Å². The van der Waals surface area contributed by atoms with Gasteiger partial charge >= 0.3 is 0 Å². The van der Waals surface area contributed by atoms with Crippen molar-refractivity contribution in [1.82, 2.24) is 9.80 Å². The minimum Gasteiger partial charge on any atom is -0.467 e. The third-order valence-electron chi connectivity index (χ3n) is 5.21. The van der Waals surface area contributed by atoms with Gasteiger partial charge < -0.3 is 14.2 Å². The van der Waals surface area contributed by atoms with Crippen LogP contribution in [0.25, 0.3) is 0 Å². The van der Waals surface area contributed by atoms with Gasteiger partial charge in [0, 0.05) is 19.5 Å². The summed E-state index contributed by atoms with van der Waals surface area (Å²) in [6.07, 6.45) is 3.92. The fourth-order valence-electron chi connectivity index (χ4n) is 3.97. The molecule has 2 atom stereocenters. The van der Waals surface area contributed by atoms with Crippen molar-refractivity contribution >= 4 is 11.8 Å². The van der Waals surface area contributed by atoms with Gasteiger partial charge in [-0.2, -0.15) is 0 Å². The van der Waals surface area contributed by atoms with E-state index in [1.807, 2.05) is 35.2 Å². The van der Waals surface area contributed by atoms with Crippen LogP contribution in [-0.4, -0.2) is 34.7 Å². The molecular weight excluding hydrogens is 316 g/mol. The molecule has 5 nitrogen and oxygen atoms in total. The molecular formula is C20H22N2O3. The van der Waals surface area contributed by atoms with E-state index in [0.717, 1.165) is 25.1 Å². The van der Waals surface area contributed by atoms with Gasteiger partial charge in [-0.1, -0.05) is 30.3 Å². The molecule has 4 rings (SSSR count). The summed E-state index contributed by atoms with van der Waals surface area (Å²) < 4.78 is 5.32. The fourth-order valence-corrected chi connectivity index (χ4v) is 3.97. The number of furan rings is 1. The molecule has 0 bridgehead atoms. The van der Waals surface area contributed by atoms with E-state index in [1.165, 1.54) is 5.56 Å². The summed E-state index contributed by atoms with van der Waals surface area (Å²) in [6.45, 7) is 1.70. The average Bonchev–Trinajstić information content (AvgIpc) is 3.37. The summed E-state index contributed by atoms with van der Waals surface area (Å²) in [5.41, 5.74) is 1.19. The maximum Gasteiger partial charge on any atom is 0.228 e. The van der Waals surface area contributed by atoms with E-state index in [2.05, 4.69) is 12.1 Å². The summed E-state index contributed by atoms with van der Waals surface area (Å²) in [6, 6.07) is 14.0. The maximum absolute atomic E-state index is 13.0. The minimum atomic E-state index is -0.244. The summed E-state index contributed by atoms with van der Waals surface area (Å²) in [4.78, 5) is 29.1. The monoisotopic (exact) mass is 338 g/mol. The maximum atomic E-state index is 13.0. The molecule has 0 aliphatic carbocycles. The lowest BCUT2D eigenvalue weighted by Crippen LogP contribution is -2.37. The number of likely N-dealkylation sites (tertiary alicyclic amines) is 2. The van der Waals surface area contributed by atoms with E-state index in [9.17, 15) is 9.59 Å². The third-order valence-corrected chi connectivity index (χ3v) is 5.21. The lowest BCUT2D eigenvalue weighted by molar-refractivity contribution is -0.136. The summed E-state index contributed by atoms with van der Waals surface area (Å²) in [5.74, 6) is 0.656. The Labute approximate surface area is 147 Å². The predicted molar refractivity (Wildman–Crippen MR) is 92.4 cm³/mol. The zero-order valence-electron chi connectivity index (χ0n) is 14.1. The van der Waals surface area contributed by atoms with Crippen molar-refractivity contribution < 1.29 is 14.0 Å². The minimum absolute atomic E-state index is 0.0326. The summed E-state index contributed by atoms with van der Waals surface area (Å²) in [5, 5.41) is 0. The zero-order valence-corrected chi connectivity index (χ0v) is 14.1. The number of hydrogen-bond acceptors (Lipinski definition) is 3. The number of benzene rings is 1. The fraction of sp³-hybridized carbons (Fsp3) is 0.400. The van der Waals surface area contributed by atoms with E-state index in [0.29, 0.717) is 19.5 Å². The molecule has 0 radical (unpaired) electrons. The Morgan fingerprint density at radius 3 is 2.76 bits per heavy atom. The van der Waals surface area contributed by atoms with Crippen molar-refractivity contribution in [1.29, 1.82) is 0 Å². The SMILES string of the molecule is O=C1C[C@@H](C(=O)N2CCC[C@H]2c2ccccc2)CN1Cc1ccco1. The molecule has 2 aliphatic rings. The van der Waals surface area contributed by atoms with E-state index in [-0.39, 0.29) is 23.8 Å². The van der Waals surface area contributed by atoms with Crippen molar-refractivity contribution in [2.24, 2.45) is 5.92 Å². The van der Waals surface area contributed by atoms with Gasteiger partial charge in [-0.25, -0.2) is 0 Å². The number of amides is 2. The third kappa shape index (κ3) is 3.18. The Hall–Kier alpha value is -2.56. The first-order chi connectivity index (χ1) is 12.2. The number of carbonyl (C=O) groups excluding carboxylic acids is 2. The number of hydrogen-bond donors (Lipinski definition) is 0. The van der Waals surface area contributed by atoms with Crippen LogP contribution < -0.4 is 0 Å². The molecule has 2 aliphatic heterocycles. The van der Waals surface area contributed by atoms with Gasteiger partial charge in [0.15, 0.2) is 0 Å². The largest absolute Gasteiger partial charge is 0.467 e. The Balaban J connectivity index is 1.45. The Morgan fingerprint density at radius 2 is 2.00 bits per heavy atom. The number of nitrogens with zero attached hydrogens (tertiary/aromatic N) is 2. The van der Waals surface area contributed by atoms with Crippen LogP contribution in [0.15, 0.2) is 53.1 Å². The smallest absolute Gasteiger partial charge is 0.228 e. The van der Waals surface area contributed by atoms with Crippen LogP contribution in [0.4, 0.5) is 0 Å². The first-order valence-corrected chi connectivity index (χ1v) is 8.88. The topological polar surface area (TPSA) is 53.8 Å². The van der Waals surface area contributed by atoms with Crippen molar-refractivity contribution in [2.75, 3.05) is 13.1 Å². The van der Waals surface area contributed by atoms with E-state index in [4.69, 9.17) is 4.42 Å². The Morgan fingerprint density at radius 1 is 1.16 bits per heavy atom. The summed E-state index contributed by atoms with van der Waals surface area (Å²) in [7, 11) is 0. The highest BCUT2D eigenvalue weighted by atomic mass is 16.3. The molecule has 0 N–H and O–H groups in total. The number of carbonyl (C=O) groups is 2. The Kier molecular flexibility index (Phi) is 4.30. The molecule has 130 valence electrons. The van der Waals surface area contributed by atoms with E-state index < -0.39 is 0 Å². The molecule has 1 aromatic carbocycles. The van der Waals surface area contributed by atoms with Crippen molar-refractivity contribution in [3.8, 4) is 0 Å². The molecule has 1 aromatic heterocycles. The quantitative estimate of drug-likeness (QED) is 0.861. The van der Waals surface area contributed by atoms with Gasteiger partial charge in [-0.05, 0) is 30.5 Å². The predicted octanol–water partition coefficient (Wildman–Crippen LogP) is 2.99. The van der Waals surface area contributed by atoms with Crippen LogP contribution in [0, 0.1) is 5.92 Å². The van der Waals surface area contributed by atoms with E-state index in [1.54, 1.807) is 11.2 Å². The standard InChI is InChI=1S/C20H22N2O3/c23-19-12-16(13-21(19)14-17-8-5-11-25-17)20(24)22-10-4-9-18(22)15-6-2-1-3-7-15/h1-3,5-8,11,16,18H,4,9-10,12-14H2/t16-,18+/m1/s1. The number of rotatable bonds is 4. The van der Waals surface area contributed by atoms with Crippen LogP contribution in [0.3, 0.4) is 0 Å². The molecule has 0 spiro atoms. The van der Waals surface area contributed by atoms with Gasteiger partial charge in [0.25, 0.3) is 0 Å². The lowest BCUT2D eigenvalue weighted by Gasteiger charge is -2.27. The average molecular weight is 338 g/mol. The normalized spacial score (nSPS) is 23.4. The van der Waals surface area contributed by atoms with Gasteiger partial charge in [0.1, 0.15) is 5.76 Å². The molecule has 5 heteroatoms. The highest BCUT2D eigenvalue weighted by Gasteiger charge is 2.40. The molecule has 2 amide bonds. The second-order valence-corrected chi connectivity index (χ2v) is 6.86. The van der Waals surface area contributed by atoms with Crippen LogP contribution in [0.5, 0.6) is 0 Å². The highest BCUT2D eigenvalue weighted by Crippen LogP contribution is 2.34. The highest BCUT2D eigenvalue weighted by molar-refractivity contribution is 5.89. The van der Waals surface area contributed by atoms with Crippen LogP contribution in [0.2, 0.25) is 0 Å². The van der Waals surface area contributed by atoms with Gasteiger partial charge in [0.2, 0.25) is 11.8 Å².